The van der Waals surface area contributed by atoms with Crippen LogP contribution >= 0.6 is 0 Å². The summed E-state index contributed by atoms with van der Waals surface area (Å²) in [5.74, 6) is 21.3. The van der Waals surface area contributed by atoms with Crippen LogP contribution in [0.5, 0.6) is 0 Å². The Morgan fingerprint density at radius 3 is 1.33 bits per heavy atom. The minimum Gasteiger partial charge on any atom is -0.0696 e. The van der Waals surface area contributed by atoms with Gasteiger partial charge in [0.05, 0.1) is 0 Å². The van der Waals surface area contributed by atoms with Crippen LogP contribution in [0.1, 0.15) is 0 Å². The van der Waals surface area contributed by atoms with Crippen LogP contribution in [0, 0.1) is 47.4 Å². The Bertz CT molecular complexity index is 403. The predicted molar refractivity (Wildman–Crippen MR) is 49.4 cm³/mol. The van der Waals surface area contributed by atoms with Crippen LogP contribution in [-0.4, -0.2) is 0 Å². The lowest BCUT2D eigenvalue weighted by molar-refractivity contribution is 2.07. The molecule has 0 aromatic heterocycles. The van der Waals surface area contributed by atoms with Crippen LogP contribution in [0.25, 0.3) is 0 Å². The Hall–Kier alpha value is -2.28. The van der Waals surface area contributed by atoms with Crippen molar-refractivity contribution in [2.75, 3.05) is 0 Å². The summed E-state index contributed by atoms with van der Waals surface area (Å²) in [4.78, 5) is 0. The van der Waals surface area contributed by atoms with Gasteiger partial charge in [-0.2, -0.15) is 0 Å². The van der Waals surface area contributed by atoms with Crippen molar-refractivity contribution in [3.05, 3.63) is 24.3 Å². The molecule has 0 N–H and O–H groups in total. The van der Waals surface area contributed by atoms with E-state index in [0.717, 1.165) is 0 Å². The molecule has 0 bridgehead atoms. The van der Waals surface area contributed by atoms with Crippen molar-refractivity contribution in [1.82, 2.24) is 0 Å². The summed E-state index contributed by atoms with van der Waals surface area (Å²) < 4.78 is 0. The van der Waals surface area contributed by atoms with Crippen molar-refractivity contribution in [3.8, 4) is 47.4 Å². The van der Waals surface area contributed by atoms with Crippen molar-refractivity contribution >= 4 is 0 Å². The highest BCUT2D eigenvalue weighted by Gasteiger charge is 1.61. The van der Waals surface area contributed by atoms with E-state index in [4.69, 9.17) is 0 Å². The fourth-order valence-corrected chi connectivity index (χ4v) is 0.481. The molecule has 0 heteroatoms. The van der Waals surface area contributed by atoms with Gasteiger partial charge in [-0.3, -0.25) is 0 Å². The van der Waals surface area contributed by atoms with E-state index in [-0.39, 0.29) is 0 Å². The van der Waals surface area contributed by atoms with Crippen molar-refractivity contribution < 1.29 is 0 Å². The molecule has 12 heavy (non-hydrogen) atoms. The summed E-state index contributed by atoms with van der Waals surface area (Å²) in [6.07, 6.45) is 6.66. The molecule has 0 amide bonds. The summed E-state index contributed by atoms with van der Waals surface area (Å²) >= 11 is 0. The van der Waals surface area contributed by atoms with E-state index in [1.807, 2.05) is 0 Å². The van der Waals surface area contributed by atoms with Gasteiger partial charge in [0.1, 0.15) is 0 Å². The molecule has 0 saturated heterocycles. The number of hydrogen-bond donors (Lipinski definition) is 0. The molecule has 0 aliphatic heterocycles. The SMILES string of the molecule is C1#CC#C/C=C/C#C/C=C/C#C1. The molecule has 1 aliphatic carbocycles. The van der Waals surface area contributed by atoms with Gasteiger partial charge in [-0.1, -0.05) is 23.7 Å². The second kappa shape index (κ2) is 5.50. The van der Waals surface area contributed by atoms with E-state index < -0.39 is 0 Å². The van der Waals surface area contributed by atoms with Crippen LogP contribution in [-0.2, 0) is 0 Å². The van der Waals surface area contributed by atoms with Crippen LogP contribution in [0.4, 0.5) is 0 Å². The minimum atomic E-state index is 1.66. The molecule has 52 valence electrons. The molecule has 0 aromatic carbocycles. The lowest BCUT2D eigenvalue weighted by atomic mass is 10.4. The molecule has 0 saturated carbocycles. The van der Waals surface area contributed by atoms with Gasteiger partial charge >= 0.3 is 0 Å². The van der Waals surface area contributed by atoms with E-state index in [9.17, 15) is 0 Å². The molecule has 1 aliphatic rings. The van der Waals surface area contributed by atoms with E-state index >= 15 is 0 Å². The van der Waals surface area contributed by atoms with Crippen molar-refractivity contribution in [2.24, 2.45) is 0 Å². The molecule has 0 aromatic rings. The molecule has 0 unspecified atom stereocenters. The minimum absolute atomic E-state index is 1.66. The average molecular weight is 148 g/mol. The second-order valence-corrected chi connectivity index (χ2v) is 1.74. The summed E-state index contributed by atoms with van der Waals surface area (Å²) in [5, 5.41) is 0. The molecule has 0 heterocycles. The zero-order chi connectivity index (χ0) is 8.49. The maximum absolute atomic E-state index is 2.77. The Morgan fingerprint density at radius 1 is 0.417 bits per heavy atom. The normalized spacial score (nSPS) is 16.0. The van der Waals surface area contributed by atoms with Crippen molar-refractivity contribution in [2.45, 2.75) is 0 Å². The van der Waals surface area contributed by atoms with Gasteiger partial charge in [-0.25, -0.2) is 0 Å². The standard InChI is InChI=1S/C12H4/c1-2-4-6-8-10-12-11-9-7-5-3-1/h1-2,7,9H/b2-1+,9-7+. The van der Waals surface area contributed by atoms with Gasteiger partial charge in [-0.05, 0) is 48.0 Å². The first-order valence-electron chi connectivity index (χ1n) is 3.32. The Labute approximate surface area is 72.4 Å². The molecule has 0 fully saturated rings. The van der Waals surface area contributed by atoms with Crippen molar-refractivity contribution in [3.63, 3.8) is 0 Å². The third kappa shape index (κ3) is 3.69. The largest absolute Gasteiger partial charge is 0.0696 e. The number of hydrogen-bond acceptors (Lipinski definition) is 0. The molecule has 1 rings (SSSR count). The monoisotopic (exact) mass is 148 g/mol. The first-order valence-corrected chi connectivity index (χ1v) is 3.32. The van der Waals surface area contributed by atoms with Gasteiger partial charge < -0.3 is 0 Å². The summed E-state index contributed by atoms with van der Waals surface area (Å²) in [5.41, 5.74) is 0. The van der Waals surface area contributed by atoms with E-state index in [2.05, 4.69) is 47.4 Å². The van der Waals surface area contributed by atoms with Crippen LogP contribution in [0.3, 0.4) is 0 Å². The summed E-state index contributed by atoms with van der Waals surface area (Å²) in [6, 6.07) is 0. The Kier molecular flexibility index (Phi) is 3.59. The lowest BCUT2D eigenvalue weighted by Gasteiger charge is -1.65. The third-order valence-electron chi connectivity index (χ3n) is 0.915. The third-order valence-corrected chi connectivity index (χ3v) is 0.915. The average Bonchev–Trinajstić information content (AvgIpc) is 2.05. The van der Waals surface area contributed by atoms with E-state index in [0.29, 0.717) is 0 Å². The lowest BCUT2D eigenvalue weighted by Crippen LogP contribution is -1.57. The highest BCUT2D eigenvalue weighted by Crippen LogP contribution is 1.71. The van der Waals surface area contributed by atoms with Gasteiger partial charge in [0.25, 0.3) is 0 Å². The zero-order valence-electron chi connectivity index (χ0n) is 6.31. The summed E-state index contributed by atoms with van der Waals surface area (Å²) in [6.45, 7) is 0. The number of allylic oxidation sites excluding steroid dienone is 4. The molecular weight excluding hydrogens is 144 g/mol. The quantitative estimate of drug-likeness (QED) is 0.452. The van der Waals surface area contributed by atoms with Gasteiger partial charge in [-0.15, -0.1) is 0 Å². The molecule has 0 spiro atoms. The highest BCUT2D eigenvalue weighted by molar-refractivity contribution is 5.41. The summed E-state index contributed by atoms with van der Waals surface area (Å²) in [7, 11) is 0. The van der Waals surface area contributed by atoms with E-state index in [1.54, 1.807) is 24.3 Å². The molecule has 0 nitrogen and oxygen atoms in total. The second-order valence-electron chi connectivity index (χ2n) is 1.74. The van der Waals surface area contributed by atoms with Gasteiger partial charge in [0.2, 0.25) is 0 Å². The fraction of sp³-hybridized carbons (Fsp3) is 0. The molecular formula is C12H4. The number of rotatable bonds is 0. The smallest absolute Gasteiger partial charge is 0.000696 e. The topological polar surface area (TPSA) is 0 Å². The van der Waals surface area contributed by atoms with E-state index in [1.165, 1.54) is 0 Å². The van der Waals surface area contributed by atoms with Crippen LogP contribution in [0.2, 0.25) is 0 Å². The maximum Gasteiger partial charge on any atom is -0.000696 e. The van der Waals surface area contributed by atoms with Crippen LogP contribution < -0.4 is 0 Å². The zero-order valence-corrected chi connectivity index (χ0v) is 6.31. The van der Waals surface area contributed by atoms with Gasteiger partial charge in [0, 0.05) is 0 Å². The predicted octanol–water partition coefficient (Wildman–Crippen LogP) is 1.13. The Balaban J connectivity index is 2.89. The van der Waals surface area contributed by atoms with Crippen molar-refractivity contribution in [1.29, 1.82) is 0 Å². The fourth-order valence-electron chi connectivity index (χ4n) is 0.481. The first-order chi connectivity index (χ1) is 6.00. The first kappa shape index (κ1) is 7.82. The van der Waals surface area contributed by atoms with Gasteiger partial charge in [0.15, 0.2) is 0 Å². The molecule has 0 radical (unpaired) electrons. The Morgan fingerprint density at radius 2 is 0.833 bits per heavy atom. The molecule has 0 atom stereocenters. The highest BCUT2D eigenvalue weighted by atomic mass is 13.6. The maximum atomic E-state index is 2.77. The van der Waals surface area contributed by atoms with Crippen LogP contribution in [0.15, 0.2) is 24.3 Å².